The van der Waals surface area contributed by atoms with Gasteiger partial charge in [-0.1, -0.05) is 66.7 Å². The highest BCUT2D eigenvalue weighted by molar-refractivity contribution is 7.24. The Bertz CT molecular complexity index is 1620. The maximum absolute atomic E-state index is 13.1. The van der Waals surface area contributed by atoms with E-state index >= 15 is 0 Å². The third-order valence-electron chi connectivity index (χ3n) is 6.06. The molecule has 3 heteroatoms. The molecule has 1 aromatic heterocycles. The van der Waals surface area contributed by atoms with E-state index in [9.17, 15) is 4.79 Å². The van der Waals surface area contributed by atoms with Crippen molar-refractivity contribution in [1.29, 1.82) is 0 Å². The minimum absolute atomic E-state index is 0.0992. The summed E-state index contributed by atoms with van der Waals surface area (Å²) < 4.78 is 2.04. The van der Waals surface area contributed by atoms with Gasteiger partial charge in [0, 0.05) is 37.2 Å². The predicted octanol–water partition coefficient (Wildman–Crippen LogP) is 8.55. The van der Waals surface area contributed by atoms with Crippen molar-refractivity contribution in [3.05, 3.63) is 138 Å². The average molecular weight is 456 g/mol. The molecule has 0 aliphatic heterocycles. The summed E-state index contributed by atoms with van der Waals surface area (Å²) in [6, 6.07) is 43.3. The molecular weight excluding hydrogens is 434 g/mol. The van der Waals surface area contributed by atoms with E-state index in [2.05, 4.69) is 89.8 Å². The molecule has 1 heterocycles. The topological polar surface area (TPSA) is 20.3 Å². The Morgan fingerprint density at radius 2 is 1.00 bits per heavy atom. The molecule has 0 amide bonds. The molecular formula is C31H21NOS. The van der Waals surface area contributed by atoms with Crippen molar-refractivity contribution in [3.8, 4) is 11.1 Å². The van der Waals surface area contributed by atoms with E-state index in [4.69, 9.17) is 0 Å². The summed E-state index contributed by atoms with van der Waals surface area (Å²) in [6.45, 7) is 0. The molecule has 6 aromatic rings. The highest BCUT2D eigenvalue weighted by Gasteiger charge is 2.12. The summed E-state index contributed by atoms with van der Waals surface area (Å²) in [5.74, 6) is 0. The highest BCUT2D eigenvalue weighted by Crippen LogP contribution is 2.36. The van der Waals surface area contributed by atoms with Gasteiger partial charge in [-0.3, -0.25) is 4.79 Å². The molecule has 0 atom stereocenters. The Morgan fingerprint density at radius 3 is 1.68 bits per heavy atom. The van der Waals surface area contributed by atoms with E-state index in [0.717, 1.165) is 48.4 Å². The molecule has 6 rings (SSSR count). The monoisotopic (exact) mass is 455 g/mol. The smallest absolute Gasteiger partial charge is 0.195 e. The first kappa shape index (κ1) is 20.4. The van der Waals surface area contributed by atoms with Crippen molar-refractivity contribution in [2.75, 3.05) is 4.90 Å². The lowest BCUT2D eigenvalue weighted by Gasteiger charge is -2.25. The lowest BCUT2D eigenvalue weighted by Crippen LogP contribution is -2.09. The first-order valence-electron chi connectivity index (χ1n) is 11.2. The number of fused-ring (bicyclic) bond motifs is 2. The van der Waals surface area contributed by atoms with Crippen LogP contribution in [0.3, 0.4) is 0 Å². The molecule has 0 aliphatic rings. The van der Waals surface area contributed by atoms with Gasteiger partial charge in [0.1, 0.15) is 0 Å². The van der Waals surface area contributed by atoms with Gasteiger partial charge in [0.2, 0.25) is 0 Å². The largest absolute Gasteiger partial charge is 0.311 e. The Labute approximate surface area is 202 Å². The Hall–Kier alpha value is -4.21. The number of hydrogen-bond acceptors (Lipinski definition) is 3. The standard InChI is InChI=1S/C31H21NOS/c33-31-27-13-7-8-14-29(27)34-30-20-17-23(21-28(30)31)22-15-18-26(19-16-22)32(24-9-3-1-4-10-24)25-11-5-2-6-12-25/h1-21H. The number of rotatable bonds is 4. The van der Waals surface area contributed by atoms with Gasteiger partial charge in [0.05, 0.1) is 0 Å². The number of benzene rings is 5. The molecule has 2 nitrogen and oxygen atoms in total. The third kappa shape index (κ3) is 3.66. The van der Waals surface area contributed by atoms with Crippen molar-refractivity contribution in [3.63, 3.8) is 0 Å². The first-order chi connectivity index (χ1) is 16.8. The second kappa shape index (κ2) is 8.62. The van der Waals surface area contributed by atoms with Crippen molar-refractivity contribution in [2.24, 2.45) is 0 Å². The summed E-state index contributed by atoms with van der Waals surface area (Å²) in [5.41, 5.74) is 5.53. The Morgan fingerprint density at radius 1 is 0.471 bits per heavy atom. The van der Waals surface area contributed by atoms with Gasteiger partial charge in [0.25, 0.3) is 0 Å². The van der Waals surface area contributed by atoms with Gasteiger partial charge in [-0.25, -0.2) is 0 Å². The van der Waals surface area contributed by atoms with Crippen molar-refractivity contribution in [1.82, 2.24) is 0 Å². The minimum atomic E-state index is 0.0992. The normalized spacial score (nSPS) is 11.1. The number of para-hydroxylation sites is 2. The first-order valence-corrected chi connectivity index (χ1v) is 12.1. The molecule has 5 aromatic carbocycles. The van der Waals surface area contributed by atoms with Crippen LogP contribution in [-0.2, 0) is 0 Å². The zero-order valence-electron chi connectivity index (χ0n) is 18.4. The zero-order chi connectivity index (χ0) is 22.9. The van der Waals surface area contributed by atoms with Crippen molar-refractivity contribution < 1.29 is 0 Å². The van der Waals surface area contributed by atoms with Crippen LogP contribution in [0, 0.1) is 0 Å². The van der Waals surface area contributed by atoms with Crippen LogP contribution in [0.5, 0.6) is 0 Å². The van der Waals surface area contributed by atoms with E-state index in [1.54, 1.807) is 11.3 Å². The number of hydrogen-bond donors (Lipinski definition) is 0. The maximum Gasteiger partial charge on any atom is 0.195 e. The van der Waals surface area contributed by atoms with E-state index in [1.807, 2.05) is 42.5 Å². The zero-order valence-corrected chi connectivity index (χ0v) is 19.2. The minimum Gasteiger partial charge on any atom is -0.311 e. The van der Waals surface area contributed by atoms with E-state index in [-0.39, 0.29) is 5.43 Å². The number of nitrogens with zero attached hydrogens (tertiary/aromatic N) is 1. The molecule has 162 valence electrons. The number of anilines is 3. The molecule has 0 saturated carbocycles. The highest BCUT2D eigenvalue weighted by atomic mass is 32.1. The average Bonchev–Trinajstić information content (AvgIpc) is 2.91. The molecule has 0 unspecified atom stereocenters. The summed E-state index contributed by atoms with van der Waals surface area (Å²) in [6.07, 6.45) is 0. The molecule has 34 heavy (non-hydrogen) atoms. The Kier molecular flexibility index (Phi) is 5.17. The van der Waals surface area contributed by atoms with Gasteiger partial charge < -0.3 is 4.90 Å². The quantitative estimate of drug-likeness (QED) is 0.248. The van der Waals surface area contributed by atoms with Crippen LogP contribution in [0.2, 0.25) is 0 Å². The fourth-order valence-electron chi connectivity index (χ4n) is 4.39. The van der Waals surface area contributed by atoms with E-state index < -0.39 is 0 Å². The van der Waals surface area contributed by atoms with Crippen LogP contribution in [-0.4, -0.2) is 0 Å². The lowest BCUT2D eigenvalue weighted by molar-refractivity contribution is 1.28. The van der Waals surface area contributed by atoms with Crippen LogP contribution in [0.1, 0.15) is 0 Å². The van der Waals surface area contributed by atoms with Crippen LogP contribution in [0.25, 0.3) is 31.3 Å². The molecule has 0 spiro atoms. The Balaban J connectivity index is 1.42. The lowest BCUT2D eigenvalue weighted by atomic mass is 10.0. The molecule has 0 N–H and O–H groups in total. The van der Waals surface area contributed by atoms with Crippen LogP contribution in [0.15, 0.2) is 132 Å². The second-order valence-corrected chi connectivity index (χ2v) is 9.28. The summed E-state index contributed by atoms with van der Waals surface area (Å²) in [4.78, 5) is 15.4. The van der Waals surface area contributed by atoms with Gasteiger partial charge in [-0.15, -0.1) is 11.3 Å². The predicted molar refractivity (Wildman–Crippen MR) is 146 cm³/mol. The van der Waals surface area contributed by atoms with Crippen LogP contribution < -0.4 is 10.3 Å². The third-order valence-corrected chi connectivity index (χ3v) is 7.22. The van der Waals surface area contributed by atoms with Gasteiger partial charge >= 0.3 is 0 Å². The van der Waals surface area contributed by atoms with Gasteiger partial charge in [0.15, 0.2) is 5.43 Å². The maximum atomic E-state index is 13.1. The summed E-state index contributed by atoms with van der Waals surface area (Å²) >= 11 is 1.66. The van der Waals surface area contributed by atoms with Crippen molar-refractivity contribution >= 4 is 48.6 Å². The summed E-state index contributed by atoms with van der Waals surface area (Å²) in [5, 5.41) is 1.56. The van der Waals surface area contributed by atoms with Crippen LogP contribution >= 0.6 is 11.3 Å². The van der Waals surface area contributed by atoms with E-state index in [1.165, 1.54) is 0 Å². The van der Waals surface area contributed by atoms with Gasteiger partial charge in [-0.2, -0.15) is 0 Å². The van der Waals surface area contributed by atoms with E-state index in [0.29, 0.717) is 0 Å². The van der Waals surface area contributed by atoms with Crippen molar-refractivity contribution in [2.45, 2.75) is 0 Å². The summed E-state index contributed by atoms with van der Waals surface area (Å²) in [7, 11) is 0. The van der Waals surface area contributed by atoms with Gasteiger partial charge in [-0.05, 0) is 71.8 Å². The fraction of sp³-hybridized carbons (Fsp3) is 0. The molecule has 0 radical (unpaired) electrons. The molecule has 0 fully saturated rings. The SMILES string of the molecule is O=c1c2ccccc2sc2ccc(-c3ccc(N(c4ccccc4)c4ccccc4)cc3)cc12. The second-order valence-electron chi connectivity index (χ2n) is 8.19. The van der Waals surface area contributed by atoms with Crippen LogP contribution in [0.4, 0.5) is 17.1 Å². The fourth-order valence-corrected chi connectivity index (χ4v) is 5.44. The molecule has 0 bridgehead atoms. The molecule has 0 aliphatic carbocycles. The molecule has 0 saturated heterocycles.